The molecular weight excluding hydrogens is 226 g/mol. The highest BCUT2D eigenvalue weighted by Crippen LogP contribution is 2.17. The van der Waals surface area contributed by atoms with Crippen LogP contribution >= 0.6 is 0 Å². The lowest BCUT2D eigenvalue weighted by molar-refractivity contribution is 0.134. The first-order valence-corrected chi connectivity index (χ1v) is 7.36. The summed E-state index contributed by atoms with van der Waals surface area (Å²) >= 11 is 0. The molecule has 0 bridgehead atoms. The number of likely N-dealkylation sites (tertiary alicyclic amines) is 1. The molecule has 0 saturated carbocycles. The summed E-state index contributed by atoms with van der Waals surface area (Å²) in [6.45, 7) is 10.9. The summed E-state index contributed by atoms with van der Waals surface area (Å²) in [5, 5.41) is 3.48. The van der Waals surface area contributed by atoms with Crippen molar-refractivity contribution in [3.63, 3.8) is 0 Å². The van der Waals surface area contributed by atoms with Crippen LogP contribution in [0.4, 0.5) is 0 Å². The molecule has 1 aliphatic rings. The standard InChI is InChI=1S/C14H31N3O/c1-5-15-13(12-18-4)10-16(3)11-14-8-7-9-17(14)6-2/h13-15H,5-12H2,1-4H3. The Balaban J connectivity index is 2.32. The van der Waals surface area contributed by atoms with Gasteiger partial charge in [0.25, 0.3) is 0 Å². The average Bonchev–Trinajstić information content (AvgIpc) is 2.76. The highest BCUT2D eigenvalue weighted by molar-refractivity contribution is 4.81. The number of ether oxygens (including phenoxy) is 1. The Morgan fingerprint density at radius 1 is 1.44 bits per heavy atom. The third-order valence-corrected chi connectivity index (χ3v) is 3.82. The Kier molecular flexibility index (Phi) is 7.82. The first-order chi connectivity index (χ1) is 8.71. The van der Waals surface area contributed by atoms with Gasteiger partial charge in [0, 0.05) is 32.3 Å². The second kappa shape index (κ2) is 8.86. The van der Waals surface area contributed by atoms with Crippen LogP contribution in [0.5, 0.6) is 0 Å². The third kappa shape index (κ3) is 5.22. The Bertz CT molecular complexity index is 207. The highest BCUT2D eigenvalue weighted by Gasteiger charge is 2.24. The van der Waals surface area contributed by atoms with Gasteiger partial charge in [0.1, 0.15) is 0 Å². The van der Waals surface area contributed by atoms with Crippen molar-refractivity contribution < 1.29 is 4.74 Å². The minimum Gasteiger partial charge on any atom is -0.383 e. The van der Waals surface area contributed by atoms with Gasteiger partial charge >= 0.3 is 0 Å². The van der Waals surface area contributed by atoms with E-state index in [2.05, 4.69) is 36.0 Å². The van der Waals surface area contributed by atoms with Crippen LogP contribution in [0.25, 0.3) is 0 Å². The molecule has 0 amide bonds. The van der Waals surface area contributed by atoms with Crippen LogP contribution in [0, 0.1) is 0 Å². The molecule has 0 spiro atoms. The van der Waals surface area contributed by atoms with Gasteiger partial charge in [-0.15, -0.1) is 0 Å². The SMILES string of the molecule is CCNC(COC)CN(C)CC1CCCN1CC. The minimum atomic E-state index is 0.446. The van der Waals surface area contributed by atoms with Crippen LogP contribution < -0.4 is 5.32 Å². The van der Waals surface area contributed by atoms with Gasteiger partial charge in [-0.2, -0.15) is 0 Å². The molecule has 0 aromatic heterocycles. The molecule has 2 atom stereocenters. The minimum absolute atomic E-state index is 0.446. The Hall–Kier alpha value is -0.160. The zero-order chi connectivity index (χ0) is 13.4. The first kappa shape index (κ1) is 15.9. The molecule has 0 aliphatic carbocycles. The Morgan fingerprint density at radius 2 is 2.22 bits per heavy atom. The normalized spacial score (nSPS) is 22.8. The molecule has 0 aromatic carbocycles. The summed E-state index contributed by atoms with van der Waals surface area (Å²) in [4.78, 5) is 5.06. The number of methoxy groups -OCH3 is 1. The maximum atomic E-state index is 5.27. The van der Waals surface area contributed by atoms with Crippen molar-refractivity contribution in [2.75, 3.05) is 53.5 Å². The Labute approximate surface area is 113 Å². The summed E-state index contributed by atoms with van der Waals surface area (Å²) in [5.74, 6) is 0. The highest BCUT2D eigenvalue weighted by atomic mass is 16.5. The maximum absolute atomic E-state index is 5.27. The van der Waals surface area contributed by atoms with Crippen molar-refractivity contribution in [2.24, 2.45) is 0 Å². The predicted molar refractivity (Wildman–Crippen MR) is 77.1 cm³/mol. The lowest BCUT2D eigenvalue weighted by Gasteiger charge is -2.30. The van der Waals surface area contributed by atoms with Crippen LogP contribution in [-0.2, 0) is 4.74 Å². The second-order valence-corrected chi connectivity index (χ2v) is 5.36. The molecule has 18 heavy (non-hydrogen) atoms. The van der Waals surface area contributed by atoms with Crippen LogP contribution in [0.2, 0.25) is 0 Å². The first-order valence-electron chi connectivity index (χ1n) is 7.36. The molecule has 1 N–H and O–H groups in total. The quantitative estimate of drug-likeness (QED) is 0.668. The van der Waals surface area contributed by atoms with Gasteiger partial charge in [0.15, 0.2) is 0 Å². The molecule has 1 heterocycles. The number of hydrogen-bond donors (Lipinski definition) is 1. The molecule has 0 radical (unpaired) electrons. The van der Waals surface area contributed by atoms with E-state index in [-0.39, 0.29) is 0 Å². The number of nitrogens with zero attached hydrogens (tertiary/aromatic N) is 2. The number of rotatable bonds is 9. The Morgan fingerprint density at radius 3 is 2.83 bits per heavy atom. The van der Waals surface area contributed by atoms with Gasteiger partial charge in [-0.05, 0) is 39.5 Å². The van der Waals surface area contributed by atoms with E-state index in [1.165, 1.54) is 32.5 Å². The molecule has 4 heteroatoms. The number of nitrogens with one attached hydrogen (secondary N) is 1. The summed E-state index contributed by atoms with van der Waals surface area (Å²) in [5.41, 5.74) is 0. The average molecular weight is 257 g/mol. The second-order valence-electron chi connectivity index (χ2n) is 5.36. The van der Waals surface area contributed by atoms with Crippen molar-refractivity contribution in [1.82, 2.24) is 15.1 Å². The predicted octanol–water partition coefficient (Wildman–Crippen LogP) is 1.03. The molecule has 1 saturated heterocycles. The molecule has 108 valence electrons. The van der Waals surface area contributed by atoms with E-state index in [4.69, 9.17) is 4.74 Å². The van der Waals surface area contributed by atoms with Crippen molar-refractivity contribution in [3.8, 4) is 0 Å². The van der Waals surface area contributed by atoms with E-state index in [1.807, 2.05) is 0 Å². The lowest BCUT2D eigenvalue weighted by Crippen LogP contribution is -2.46. The van der Waals surface area contributed by atoms with Crippen LogP contribution in [0.1, 0.15) is 26.7 Å². The molecule has 1 aliphatic heterocycles. The summed E-state index contributed by atoms with van der Waals surface area (Å²) in [6, 6.07) is 1.20. The van der Waals surface area contributed by atoms with Crippen LogP contribution in [-0.4, -0.2) is 75.4 Å². The summed E-state index contributed by atoms with van der Waals surface area (Å²) < 4.78 is 5.27. The third-order valence-electron chi connectivity index (χ3n) is 3.82. The van der Waals surface area contributed by atoms with E-state index in [1.54, 1.807) is 7.11 Å². The van der Waals surface area contributed by atoms with Gasteiger partial charge in [-0.3, -0.25) is 4.90 Å². The fraction of sp³-hybridized carbons (Fsp3) is 1.00. The van der Waals surface area contributed by atoms with Crippen molar-refractivity contribution >= 4 is 0 Å². The maximum Gasteiger partial charge on any atom is 0.0628 e. The molecular formula is C14H31N3O. The van der Waals surface area contributed by atoms with E-state index < -0.39 is 0 Å². The summed E-state index contributed by atoms with van der Waals surface area (Å²) in [6.07, 6.45) is 2.72. The lowest BCUT2D eigenvalue weighted by atomic mass is 10.2. The molecule has 1 fully saturated rings. The van der Waals surface area contributed by atoms with E-state index in [0.717, 1.165) is 25.7 Å². The van der Waals surface area contributed by atoms with E-state index >= 15 is 0 Å². The number of likely N-dealkylation sites (N-methyl/N-ethyl adjacent to an activating group) is 3. The number of hydrogen-bond acceptors (Lipinski definition) is 4. The topological polar surface area (TPSA) is 27.7 Å². The fourth-order valence-corrected chi connectivity index (χ4v) is 2.99. The van der Waals surface area contributed by atoms with E-state index in [0.29, 0.717) is 6.04 Å². The van der Waals surface area contributed by atoms with Gasteiger partial charge in [-0.1, -0.05) is 13.8 Å². The zero-order valence-corrected chi connectivity index (χ0v) is 12.6. The van der Waals surface area contributed by atoms with Gasteiger partial charge in [0.05, 0.1) is 6.61 Å². The smallest absolute Gasteiger partial charge is 0.0628 e. The van der Waals surface area contributed by atoms with Gasteiger partial charge in [0.2, 0.25) is 0 Å². The van der Waals surface area contributed by atoms with Crippen molar-refractivity contribution in [1.29, 1.82) is 0 Å². The zero-order valence-electron chi connectivity index (χ0n) is 12.6. The monoisotopic (exact) mass is 257 g/mol. The van der Waals surface area contributed by atoms with Gasteiger partial charge in [-0.25, -0.2) is 0 Å². The molecule has 0 aromatic rings. The summed E-state index contributed by atoms with van der Waals surface area (Å²) in [7, 11) is 4.01. The van der Waals surface area contributed by atoms with Gasteiger partial charge < -0.3 is 15.0 Å². The van der Waals surface area contributed by atoms with Crippen LogP contribution in [0.15, 0.2) is 0 Å². The molecule has 2 unspecified atom stereocenters. The fourth-order valence-electron chi connectivity index (χ4n) is 2.99. The van der Waals surface area contributed by atoms with E-state index in [9.17, 15) is 0 Å². The van der Waals surface area contributed by atoms with Crippen molar-refractivity contribution in [2.45, 2.75) is 38.8 Å². The van der Waals surface area contributed by atoms with Crippen LogP contribution in [0.3, 0.4) is 0 Å². The molecule has 4 nitrogen and oxygen atoms in total. The van der Waals surface area contributed by atoms with Crippen molar-refractivity contribution in [3.05, 3.63) is 0 Å². The largest absolute Gasteiger partial charge is 0.383 e. The molecule has 1 rings (SSSR count).